The molecule has 2 aliphatic heterocycles. The Labute approximate surface area is 138 Å². The molecule has 3 aliphatic rings. The maximum absolute atomic E-state index is 11.5. The minimum atomic E-state index is -0.313. The second kappa shape index (κ2) is 4.61. The zero-order chi connectivity index (χ0) is 16.5. The van der Waals surface area contributed by atoms with Crippen LogP contribution in [0.25, 0.3) is 0 Å². The second-order valence-electron chi connectivity index (χ2n) is 8.33. The van der Waals surface area contributed by atoms with E-state index in [1.165, 1.54) is 5.56 Å². The average Bonchev–Trinajstić information content (AvgIpc) is 2.96. The fraction of sp³-hybridized carbons (Fsp3) is 0.611. The molecule has 1 spiro atoms. The largest absolute Gasteiger partial charge is 0.494 e. The van der Waals surface area contributed by atoms with Crippen LogP contribution >= 0.6 is 0 Å². The van der Waals surface area contributed by atoms with Gasteiger partial charge in [0.15, 0.2) is 0 Å². The second-order valence-corrected chi connectivity index (χ2v) is 8.33. The molecular weight excluding hydrogens is 289 g/mol. The predicted molar refractivity (Wildman–Crippen MR) is 89.6 cm³/mol. The Balaban J connectivity index is 1.49. The summed E-state index contributed by atoms with van der Waals surface area (Å²) in [6.07, 6.45) is 1.79. The molecule has 2 heterocycles. The third kappa shape index (κ3) is 2.33. The Morgan fingerprint density at radius 2 is 1.70 bits per heavy atom. The van der Waals surface area contributed by atoms with Gasteiger partial charge in [-0.05, 0) is 51.1 Å². The van der Waals surface area contributed by atoms with Gasteiger partial charge < -0.3 is 14.6 Å². The SMILES string of the molecule is CC1(C)OB(c2ccc(C3CC34CNC(=O)C4)cc2)OC1(C)C. The van der Waals surface area contributed by atoms with Crippen LogP contribution in [0.1, 0.15) is 52.0 Å². The Bertz CT molecular complexity index is 639. The van der Waals surface area contributed by atoms with Gasteiger partial charge in [0.2, 0.25) is 5.91 Å². The summed E-state index contributed by atoms with van der Waals surface area (Å²) < 4.78 is 12.2. The maximum Gasteiger partial charge on any atom is 0.494 e. The van der Waals surface area contributed by atoms with Crippen LogP contribution in [0.3, 0.4) is 0 Å². The van der Waals surface area contributed by atoms with Gasteiger partial charge in [-0.15, -0.1) is 0 Å². The quantitative estimate of drug-likeness (QED) is 0.849. The van der Waals surface area contributed by atoms with E-state index in [4.69, 9.17) is 9.31 Å². The monoisotopic (exact) mass is 313 g/mol. The number of hydrogen-bond donors (Lipinski definition) is 1. The van der Waals surface area contributed by atoms with Gasteiger partial charge in [-0.3, -0.25) is 4.79 Å². The molecule has 1 saturated carbocycles. The molecule has 0 bridgehead atoms. The average molecular weight is 313 g/mol. The van der Waals surface area contributed by atoms with Crippen molar-refractivity contribution in [1.82, 2.24) is 5.32 Å². The molecule has 4 nitrogen and oxygen atoms in total. The van der Waals surface area contributed by atoms with Gasteiger partial charge in [0, 0.05) is 18.4 Å². The highest BCUT2D eigenvalue weighted by Crippen LogP contribution is 2.62. The van der Waals surface area contributed by atoms with E-state index >= 15 is 0 Å². The standard InChI is InChI=1S/C18H24BNO3/c1-16(2)17(3,4)23-19(22-16)13-7-5-12(6-8-13)14-9-18(14)10-15(21)20-11-18/h5-8,14H,9-11H2,1-4H3,(H,20,21). The van der Waals surface area contributed by atoms with Crippen LogP contribution in [0.15, 0.2) is 24.3 Å². The zero-order valence-electron chi connectivity index (χ0n) is 14.3. The maximum atomic E-state index is 11.5. The predicted octanol–water partition coefficient (Wildman–Crippen LogP) is 1.98. The summed E-state index contributed by atoms with van der Waals surface area (Å²) in [4.78, 5) is 11.5. The summed E-state index contributed by atoms with van der Waals surface area (Å²) in [6, 6.07) is 8.55. The van der Waals surface area contributed by atoms with Gasteiger partial charge in [-0.25, -0.2) is 0 Å². The number of amides is 1. The van der Waals surface area contributed by atoms with E-state index in [2.05, 4.69) is 57.3 Å². The fourth-order valence-corrected chi connectivity index (χ4v) is 3.79. The van der Waals surface area contributed by atoms with E-state index in [1.54, 1.807) is 0 Å². The highest BCUT2D eigenvalue weighted by molar-refractivity contribution is 6.62. The highest BCUT2D eigenvalue weighted by Gasteiger charge is 2.58. The molecule has 4 rings (SSSR count). The van der Waals surface area contributed by atoms with Crippen LogP contribution in [0.4, 0.5) is 0 Å². The van der Waals surface area contributed by atoms with E-state index in [0.29, 0.717) is 12.3 Å². The van der Waals surface area contributed by atoms with Crippen molar-refractivity contribution in [1.29, 1.82) is 0 Å². The van der Waals surface area contributed by atoms with E-state index in [-0.39, 0.29) is 29.6 Å². The van der Waals surface area contributed by atoms with Crippen LogP contribution in [0, 0.1) is 5.41 Å². The highest BCUT2D eigenvalue weighted by atomic mass is 16.7. The van der Waals surface area contributed by atoms with Crippen molar-refractivity contribution >= 4 is 18.5 Å². The summed E-state index contributed by atoms with van der Waals surface area (Å²) in [5.41, 5.74) is 1.94. The Morgan fingerprint density at radius 3 is 2.22 bits per heavy atom. The fourth-order valence-electron chi connectivity index (χ4n) is 3.79. The lowest BCUT2D eigenvalue weighted by Gasteiger charge is -2.32. The normalized spacial score (nSPS) is 34.0. The van der Waals surface area contributed by atoms with Crippen molar-refractivity contribution in [3.8, 4) is 0 Å². The Kier molecular flexibility index (Phi) is 3.05. The minimum Gasteiger partial charge on any atom is -0.399 e. The van der Waals surface area contributed by atoms with Gasteiger partial charge in [0.25, 0.3) is 0 Å². The van der Waals surface area contributed by atoms with Gasteiger partial charge in [0.05, 0.1) is 11.2 Å². The van der Waals surface area contributed by atoms with Crippen LogP contribution in [-0.2, 0) is 14.1 Å². The number of rotatable bonds is 2. The molecule has 1 aromatic carbocycles. The molecule has 1 N–H and O–H groups in total. The smallest absolute Gasteiger partial charge is 0.399 e. The first-order valence-corrected chi connectivity index (χ1v) is 8.45. The molecule has 5 heteroatoms. The van der Waals surface area contributed by atoms with E-state index < -0.39 is 0 Å². The molecule has 1 amide bonds. The van der Waals surface area contributed by atoms with Crippen molar-refractivity contribution in [2.75, 3.05) is 6.54 Å². The first-order chi connectivity index (χ1) is 10.7. The molecule has 23 heavy (non-hydrogen) atoms. The van der Waals surface area contributed by atoms with Crippen molar-refractivity contribution in [3.05, 3.63) is 29.8 Å². The summed E-state index contributed by atoms with van der Waals surface area (Å²) in [7, 11) is -0.308. The third-order valence-corrected chi connectivity index (χ3v) is 6.20. The van der Waals surface area contributed by atoms with Crippen molar-refractivity contribution in [3.63, 3.8) is 0 Å². The molecular formula is C18H24BNO3. The number of benzene rings is 1. The Morgan fingerprint density at radius 1 is 1.09 bits per heavy atom. The van der Waals surface area contributed by atoms with Crippen molar-refractivity contribution in [2.45, 2.75) is 57.7 Å². The molecule has 3 fully saturated rings. The zero-order valence-corrected chi connectivity index (χ0v) is 14.3. The molecule has 0 radical (unpaired) electrons. The first kappa shape index (κ1) is 15.2. The molecule has 0 aromatic heterocycles. The molecule has 1 aromatic rings. The first-order valence-electron chi connectivity index (χ1n) is 8.45. The van der Waals surface area contributed by atoms with E-state index in [0.717, 1.165) is 18.4 Å². The summed E-state index contributed by atoms with van der Waals surface area (Å²) >= 11 is 0. The van der Waals surface area contributed by atoms with E-state index in [1.807, 2.05) is 0 Å². The van der Waals surface area contributed by atoms with Gasteiger partial charge in [0.1, 0.15) is 0 Å². The lowest BCUT2D eigenvalue weighted by Crippen LogP contribution is -2.41. The van der Waals surface area contributed by atoms with Crippen LogP contribution in [0.2, 0.25) is 0 Å². The minimum absolute atomic E-state index is 0.183. The van der Waals surface area contributed by atoms with Gasteiger partial charge in [-0.1, -0.05) is 24.3 Å². The van der Waals surface area contributed by atoms with Crippen LogP contribution in [-0.4, -0.2) is 30.8 Å². The molecule has 1 aliphatic carbocycles. The van der Waals surface area contributed by atoms with Crippen molar-refractivity contribution in [2.24, 2.45) is 5.41 Å². The molecule has 2 saturated heterocycles. The number of carbonyl (C=O) groups is 1. The summed E-state index contributed by atoms with van der Waals surface area (Å²) in [5.74, 6) is 0.704. The number of hydrogen-bond acceptors (Lipinski definition) is 3. The summed E-state index contributed by atoms with van der Waals surface area (Å²) in [5, 5.41) is 2.97. The molecule has 2 atom stereocenters. The lowest BCUT2D eigenvalue weighted by atomic mass is 9.78. The van der Waals surface area contributed by atoms with Crippen molar-refractivity contribution < 1.29 is 14.1 Å². The number of nitrogens with one attached hydrogen (secondary N) is 1. The lowest BCUT2D eigenvalue weighted by molar-refractivity contribution is -0.119. The number of carbonyl (C=O) groups excluding carboxylic acids is 1. The van der Waals surface area contributed by atoms with Crippen LogP contribution < -0.4 is 10.8 Å². The Hall–Kier alpha value is -1.33. The molecule has 2 unspecified atom stereocenters. The molecule has 122 valence electrons. The van der Waals surface area contributed by atoms with E-state index in [9.17, 15) is 4.79 Å². The summed E-state index contributed by atoms with van der Waals surface area (Å²) in [6.45, 7) is 9.10. The van der Waals surface area contributed by atoms with Gasteiger partial charge >= 0.3 is 7.12 Å². The van der Waals surface area contributed by atoms with Gasteiger partial charge in [-0.2, -0.15) is 0 Å². The van der Waals surface area contributed by atoms with Crippen LogP contribution in [0.5, 0.6) is 0 Å². The topological polar surface area (TPSA) is 47.6 Å². The third-order valence-electron chi connectivity index (χ3n) is 6.20.